The summed E-state index contributed by atoms with van der Waals surface area (Å²) in [5, 5.41) is 16.7. The molecular formula is C25H29N5O2S. The molecule has 1 N–H and O–H groups in total. The van der Waals surface area contributed by atoms with E-state index in [1.165, 1.54) is 16.9 Å². The molecule has 0 fully saturated rings. The first-order valence-corrected chi connectivity index (χ1v) is 11.8. The Morgan fingerprint density at radius 3 is 2.45 bits per heavy atom. The van der Waals surface area contributed by atoms with Gasteiger partial charge in [0.05, 0.1) is 0 Å². The molecule has 0 aliphatic heterocycles. The second-order valence-electron chi connectivity index (χ2n) is 9.49. The number of anilines is 1. The van der Waals surface area contributed by atoms with E-state index in [0.717, 1.165) is 27.8 Å². The molecule has 0 aliphatic carbocycles. The SMILES string of the molecule is CCc1nnc2sc(-c3cccc(NC(=O)C(C)(C)Oc4ccc(C(C)(C)C)cc4)c3)nn12. The zero-order valence-electron chi connectivity index (χ0n) is 19.8. The molecule has 8 heteroatoms. The van der Waals surface area contributed by atoms with Crippen LogP contribution in [-0.4, -0.2) is 31.3 Å². The van der Waals surface area contributed by atoms with Gasteiger partial charge in [0.15, 0.2) is 11.4 Å². The van der Waals surface area contributed by atoms with E-state index in [0.29, 0.717) is 11.4 Å². The zero-order valence-corrected chi connectivity index (χ0v) is 20.7. The molecule has 172 valence electrons. The van der Waals surface area contributed by atoms with Gasteiger partial charge in [-0.3, -0.25) is 4.79 Å². The first-order chi connectivity index (χ1) is 15.6. The van der Waals surface area contributed by atoms with Gasteiger partial charge in [0, 0.05) is 17.7 Å². The molecule has 0 saturated heterocycles. The second-order valence-corrected chi connectivity index (χ2v) is 10.4. The van der Waals surface area contributed by atoms with Crippen molar-refractivity contribution < 1.29 is 9.53 Å². The molecule has 7 nitrogen and oxygen atoms in total. The lowest BCUT2D eigenvalue weighted by atomic mass is 9.87. The maximum absolute atomic E-state index is 13.0. The van der Waals surface area contributed by atoms with Gasteiger partial charge in [0.25, 0.3) is 5.91 Å². The van der Waals surface area contributed by atoms with Gasteiger partial charge in [-0.05, 0) is 49.1 Å². The number of carbonyl (C=O) groups excluding carboxylic acids is 1. The fourth-order valence-corrected chi connectivity index (χ4v) is 4.22. The van der Waals surface area contributed by atoms with E-state index in [1.54, 1.807) is 18.4 Å². The van der Waals surface area contributed by atoms with E-state index in [2.05, 4.69) is 41.4 Å². The van der Waals surface area contributed by atoms with E-state index in [-0.39, 0.29) is 11.3 Å². The Labute approximate surface area is 197 Å². The number of aromatic nitrogens is 4. The third-order valence-corrected chi connectivity index (χ3v) is 6.33. The number of ether oxygens (including phenoxy) is 1. The van der Waals surface area contributed by atoms with Gasteiger partial charge in [-0.1, -0.05) is 63.3 Å². The van der Waals surface area contributed by atoms with Crippen molar-refractivity contribution in [2.45, 2.75) is 59.0 Å². The third-order valence-electron chi connectivity index (χ3n) is 5.38. The Kier molecular flexibility index (Phi) is 5.97. The fraction of sp³-hybridized carbons (Fsp3) is 0.360. The minimum atomic E-state index is -1.05. The highest BCUT2D eigenvalue weighted by Crippen LogP contribution is 2.29. The van der Waals surface area contributed by atoms with Crippen LogP contribution >= 0.6 is 11.3 Å². The lowest BCUT2D eigenvalue weighted by Gasteiger charge is -2.26. The van der Waals surface area contributed by atoms with E-state index >= 15 is 0 Å². The van der Waals surface area contributed by atoms with Gasteiger partial charge in [-0.15, -0.1) is 10.2 Å². The molecule has 1 amide bonds. The Balaban J connectivity index is 1.48. The molecule has 0 radical (unpaired) electrons. The molecular weight excluding hydrogens is 434 g/mol. The van der Waals surface area contributed by atoms with E-state index < -0.39 is 5.60 Å². The molecule has 2 heterocycles. The van der Waals surface area contributed by atoms with Crippen molar-refractivity contribution >= 4 is 27.9 Å². The first kappa shape index (κ1) is 22.9. The number of fused-ring (bicyclic) bond motifs is 1. The van der Waals surface area contributed by atoms with Crippen molar-refractivity contribution in [3.63, 3.8) is 0 Å². The van der Waals surface area contributed by atoms with E-state index in [4.69, 9.17) is 4.74 Å². The summed E-state index contributed by atoms with van der Waals surface area (Å²) in [5.74, 6) is 1.25. The monoisotopic (exact) mass is 463 g/mol. The molecule has 0 aliphatic rings. The third kappa shape index (κ3) is 4.90. The highest BCUT2D eigenvalue weighted by atomic mass is 32.1. The van der Waals surface area contributed by atoms with Gasteiger partial charge >= 0.3 is 0 Å². The Morgan fingerprint density at radius 2 is 1.79 bits per heavy atom. The quantitative estimate of drug-likeness (QED) is 0.408. The summed E-state index contributed by atoms with van der Waals surface area (Å²) in [4.78, 5) is 13.8. The van der Waals surface area contributed by atoms with Crippen molar-refractivity contribution in [3.05, 3.63) is 59.9 Å². The second kappa shape index (κ2) is 8.59. The molecule has 0 unspecified atom stereocenters. The van der Waals surface area contributed by atoms with Crippen LogP contribution < -0.4 is 10.1 Å². The predicted octanol–water partition coefficient (Wildman–Crippen LogP) is 5.51. The largest absolute Gasteiger partial charge is 0.478 e. The summed E-state index contributed by atoms with van der Waals surface area (Å²) in [5.41, 5.74) is 1.81. The topological polar surface area (TPSA) is 81.4 Å². The number of carbonyl (C=O) groups is 1. The molecule has 0 spiro atoms. The van der Waals surface area contributed by atoms with E-state index in [1.807, 2.05) is 55.5 Å². The van der Waals surface area contributed by atoms with Gasteiger partial charge in [-0.2, -0.15) is 9.61 Å². The van der Waals surface area contributed by atoms with Crippen LogP contribution in [0.5, 0.6) is 5.75 Å². The number of rotatable bonds is 6. The molecule has 0 atom stereocenters. The maximum atomic E-state index is 13.0. The zero-order chi connectivity index (χ0) is 23.8. The van der Waals surface area contributed by atoms with Crippen LogP contribution in [0.3, 0.4) is 0 Å². The number of aryl methyl sites for hydroxylation is 1. The van der Waals surface area contributed by atoms with Crippen molar-refractivity contribution in [3.8, 4) is 16.3 Å². The van der Waals surface area contributed by atoms with Crippen molar-refractivity contribution in [2.75, 3.05) is 5.32 Å². The summed E-state index contributed by atoms with van der Waals surface area (Å²) >= 11 is 1.47. The van der Waals surface area contributed by atoms with Crippen LogP contribution in [0.15, 0.2) is 48.5 Å². The smallest absolute Gasteiger partial charge is 0.267 e. The van der Waals surface area contributed by atoms with Crippen LogP contribution in [0.4, 0.5) is 5.69 Å². The van der Waals surface area contributed by atoms with Gasteiger partial charge in [-0.25, -0.2) is 0 Å². The molecule has 2 aromatic carbocycles. The Bertz CT molecular complexity index is 1280. The maximum Gasteiger partial charge on any atom is 0.267 e. The minimum Gasteiger partial charge on any atom is -0.478 e. The number of hydrogen-bond donors (Lipinski definition) is 1. The normalized spacial score (nSPS) is 12.2. The minimum absolute atomic E-state index is 0.0610. The van der Waals surface area contributed by atoms with E-state index in [9.17, 15) is 4.79 Å². The molecule has 0 bridgehead atoms. The molecule has 33 heavy (non-hydrogen) atoms. The van der Waals surface area contributed by atoms with Crippen LogP contribution in [0.25, 0.3) is 15.5 Å². The molecule has 4 aromatic rings. The standard InChI is InChI=1S/C25H29N5O2S/c1-7-20-27-28-23-30(20)29-21(33-23)16-9-8-10-18(15-16)26-22(31)25(5,6)32-19-13-11-17(12-14-19)24(2,3)4/h8-15H,7H2,1-6H3,(H,26,31). The number of hydrogen-bond acceptors (Lipinski definition) is 6. The molecule has 2 aromatic heterocycles. The fourth-order valence-electron chi connectivity index (χ4n) is 3.37. The van der Waals surface area contributed by atoms with Crippen molar-refractivity contribution in [1.29, 1.82) is 0 Å². The number of nitrogens with zero attached hydrogens (tertiary/aromatic N) is 4. The summed E-state index contributed by atoms with van der Waals surface area (Å²) in [6.07, 6.45) is 0.758. The van der Waals surface area contributed by atoms with Crippen LogP contribution in [0.1, 0.15) is 52.9 Å². The van der Waals surface area contributed by atoms with Crippen molar-refractivity contribution in [2.24, 2.45) is 0 Å². The summed E-state index contributed by atoms with van der Waals surface area (Å²) in [6, 6.07) is 15.5. The van der Waals surface area contributed by atoms with Gasteiger partial charge in [0.1, 0.15) is 10.8 Å². The predicted molar refractivity (Wildman–Crippen MR) is 132 cm³/mol. The summed E-state index contributed by atoms with van der Waals surface area (Å²) in [7, 11) is 0. The molecule has 4 rings (SSSR count). The average Bonchev–Trinajstić information content (AvgIpc) is 3.34. The van der Waals surface area contributed by atoms with Crippen LogP contribution in [0, 0.1) is 0 Å². The van der Waals surface area contributed by atoms with Crippen LogP contribution in [0.2, 0.25) is 0 Å². The number of amides is 1. The lowest BCUT2D eigenvalue weighted by molar-refractivity contribution is -0.128. The van der Waals surface area contributed by atoms with Crippen molar-refractivity contribution in [1.82, 2.24) is 19.8 Å². The summed E-state index contributed by atoms with van der Waals surface area (Å²) < 4.78 is 7.80. The van der Waals surface area contributed by atoms with Gasteiger partial charge in [0.2, 0.25) is 4.96 Å². The Morgan fingerprint density at radius 1 is 1.06 bits per heavy atom. The van der Waals surface area contributed by atoms with Gasteiger partial charge < -0.3 is 10.1 Å². The first-order valence-electron chi connectivity index (χ1n) is 11.0. The average molecular weight is 464 g/mol. The Hall–Kier alpha value is -3.26. The highest BCUT2D eigenvalue weighted by Gasteiger charge is 2.30. The number of benzene rings is 2. The number of nitrogens with one attached hydrogen (secondary N) is 1. The lowest BCUT2D eigenvalue weighted by Crippen LogP contribution is -2.42. The summed E-state index contributed by atoms with van der Waals surface area (Å²) in [6.45, 7) is 12.0. The highest BCUT2D eigenvalue weighted by molar-refractivity contribution is 7.19. The molecule has 0 saturated carbocycles. The van der Waals surface area contributed by atoms with Crippen LogP contribution in [-0.2, 0) is 16.6 Å².